The Kier molecular flexibility index (Phi) is 6.16. The summed E-state index contributed by atoms with van der Waals surface area (Å²) in [5, 5.41) is 25.3. The molecular formula is C14H26N4O2. The molecule has 1 aromatic rings. The summed E-state index contributed by atoms with van der Waals surface area (Å²) in [5.41, 5.74) is -0.175. The van der Waals surface area contributed by atoms with Crippen molar-refractivity contribution in [1.29, 1.82) is 0 Å². The van der Waals surface area contributed by atoms with E-state index >= 15 is 0 Å². The van der Waals surface area contributed by atoms with E-state index in [1.807, 2.05) is 0 Å². The molecule has 1 heterocycles. The van der Waals surface area contributed by atoms with Crippen LogP contribution in [0.5, 0.6) is 0 Å². The molecule has 1 unspecified atom stereocenters. The molecular weight excluding hydrogens is 256 g/mol. The largest absolute Gasteiger partial charge is 0.393 e. The minimum Gasteiger partial charge on any atom is -0.393 e. The van der Waals surface area contributed by atoms with Gasteiger partial charge in [0.25, 0.3) is 0 Å². The molecule has 1 aromatic heterocycles. The van der Waals surface area contributed by atoms with Gasteiger partial charge in [0.05, 0.1) is 6.61 Å². The van der Waals surface area contributed by atoms with Crippen molar-refractivity contribution in [2.24, 2.45) is 0 Å². The van der Waals surface area contributed by atoms with Crippen LogP contribution in [-0.2, 0) is 0 Å². The fourth-order valence-electron chi connectivity index (χ4n) is 1.80. The summed E-state index contributed by atoms with van der Waals surface area (Å²) in [6, 6.07) is 0. The summed E-state index contributed by atoms with van der Waals surface area (Å²) in [5.74, 6) is 1.77. The number of nitrogens with zero attached hydrogens (tertiary/aromatic N) is 2. The standard InChI is InChI=1S/C14H26N4O2/c1-5-6-15-12-11(10(2)3)13(18-9-17-12)16-7-14(4,20)8-19/h9-10,19-20H,5-8H2,1-4H3,(H2,15,16,17,18). The second kappa shape index (κ2) is 7.40. The molecule has 0 aliphatic heterocycles. The van der Waals surface area contributed by atoms with E-state index in [1.165, 1.54) is 6.33 Å². The van der Waals surface area contributed by atoms with Crippen LogP contribution < -0.4 is 10.6 Å². The van der Waals surface area contributed by atoms with E-state index in [9.17, 15) is 5.11 Å². The highest BCUT2D eigenvalue weighted by Gasteiger charge is 2.21. The van der Waals surface area contributed by atoms with Gasteiger partial charge in [-0.05, 0) is 19.3 Å². The fourth-order valence-corrected chi connectivity index (χ4v) is 1.80. The van der Waals surface area contributed by atoms with Gasteiger partial charge in [-0.25, -0.2) is 9.97 Å². The zero-order valence-corrected chi connectivity index (χ0v) is 12.8. The SMILES string of the molecule is CCCNc1ncnc(NCC(C)(O)CO)c1C(C)C. The maximum Gasteiger partial charge on any atom is 0.135 e. The lowest BCUT2D eigenvalue weighted by atomic mass is 10.0. The molecule has 0 aromatic carbocycles. The minimum absolute atomic E-state index is 0.230. The number of rotatable bonds is 8. The van der Waals surface area contributed by atoms with Gasteiger partial charge in [-0.15, -0.1) is 0 Å². The van der Waals surface area contributed by atoms with Gasteiger partial charge >= 0.3 is 0 Å². The lowest BCUT2D eigenvalue weighted by Crippen LogP contribution is -2.37. The van der Waals surface area contributed by atoms with Crippen LogP contribution in [0.3, 0.4) is 0 Å². The molecule has 0 aliphatic carbocycles. The Morgan fingerprint density at radius 1 is 1.25 bits per heavy atom. The van der Waals surface area contributed by atoms with Gasteiger partial charge in [0.15, 0.2) is 0 Å². The molecule has 0 fully saturated rings. The highest BCUT2D eigenvalue weighted by Crippen LogP contribution is 2.28. The minimum atomic E-state index is -1.17. The molecule has 114 valence electrons. The van der Waals surface area contributed by atoms with Gasteiger partial charge in [-0.1, -0.05) is 20.8 Å². The summed E-state index contributed by atoms with van der Waals surface area (Å²) in [6.07, 6.45) is 2.52. The van der Waals surface area contributed by atoms with Crippen LogP contribution in [0.15, 0.2) is 6.33 Å². The Hall–Kier alpha value is -1.40. The third-order valence-corrected chi connectivity index (χ3v) is 2.98. The van der Waals surface area contributed by atoms with Crippen molar-refractivity contribution in [2.45, 2.75) is 45.6 Å². The quantitative estimate of drug-likeness (QED) is 0.579. The van der Waals surface area contributed by atoms with E-state index in [2.05, 4.69) is 41.4 Å². The molecule has 4 N–H and O–H groups in total. The molecule has 0 aliphatic rings. The van der Waals surface area contributed by atoms with Crippen LogP contribution >= 0.6 is 0 Å². The van der Waals surface area contributed by atoms with E-state index in [4.69, 9.17) is 5.11 Å². The molecule has 6 nitrogen and oxygen atoms in total. The van der Waals surface area contributed by atoms with E-state index in [-0.39, 0.29) is 19.1 Å². The smallest absolute Gasteiger partial charge is 0.135 e. The lowest BCUT2D eigenvalue weighted by Gasteiger charge is -2.23. The van der Waals surface area contributed by atoms with Gasteiger partial charge < -0.3 is 20.8 Å². The monoisotopic (exact) mass is 282 g/mol. The van der Waals surface area contributed by atoms with Crippen LogP contribution in [0.2, 0.25) is 0 Å². The summed E-state index contributed by atoms with van der Waals surface area (Å²) in [4.78, 5) is 8.54. The van der Waals surface area contributed by atoms with Crippen molar-refractivity contribution in [3.8, 4) is 0 Å². The molecule has 0 bridgehead atoms. The number of hydrogen-bond acceptors (Lipinski definition) is 6. The number of hydrogen-bond donors (Lipinski definition) is 4. The summed E-state index contributed by atoms with van der Waals surface area (Å²) >= 11 is 0. The molecule has 0 amide bonds. The van der Waals surface area contributed by atoms with Crippen LogP contribution in [0.1, 0.15) is 45.6 Å². The number of anilines is 2. The first kappa shape index (κ1) is 16.7. The van der Waals surface area contributed by atoms with Gasteiger partial charge in [-0.2, -0.15) is 0 Å². The average molecular weight is 282 g/mol. The van der Waals surface area contributed by atoms with Gasteiger partial charge in [0.1, 0.15) is 23.6 Å². The molecule has 1 atom stereocenters. The van der Waals surface area contributed by atoms with E-state index in [1.54, 1.807) is 6.92 Å². The van der Waals surface area contributed by atoms with Crippen molar-refractivity contribution >= 4 is 11.6 Å². The molecule has 0 saturated carbocycles. The van der Waals surface area contributed by atoms with E-state index in [0.717, 1.165) is 24.3 Å². The topological polar surface area (TPSA) is 90.3 Å². The number of aliphatic hydroxyl groups is 2. The van der Waals surface area contributed by atoms with Gasteiger partial charge in [0.2, 0.25) is 0 Å². The average Bonchev–Trinajstić information content (AvgIpc) is 2.42. The van der Waals surface area contributed by atoms with Crippen LogP contribution in [-0.4, -0.2) is 45.5 Å². The third-order valence-electron chi connectivity index (χ3n) is 2.98. The van der Waals surface area contributed by atoms with E-state index < -0.39 is 5.60 Å². The Morgan fingerprint density at radius 2 is 1.85 bits per heavy atom. The Morgan fingerprint density at radius 3 is 2.35 bits per heavy atom. The summed E-state index contributed by atoms with van der Waals surface area (Å²) in [6.45, 7) is 8.60. The molecule has 20 heavy (non-hydrogen) atoms. The number of aliphatic hydroxyl groups excluding tert-OH is 1. The van der Waals surface area contributed by atoms with E-state index in [0.29, 0.717) is 5.82 Å². The van der Waals surface area contributed by atoms with Crippen molar-refractivity contribution in [3.63, 3.8) is 0 Å². The molecule has 0 spiro atoms. The normalized spacial score (nSPS) is 14.2. The lowest BCUT2D eigenvalue weighted by molar-refractivity contribution is 0.0131. The highest BCUT2D eigenvalue weighted by atomic mass is 16.3. The number of aromatic nitrogens is 2. The molecule has 0 radical (unpaired) electrons. The summed E-state index contributed by atoms with van der Waals surface area (Å²) < 4.78 is 0. The Labute approximate surface area is 120 Å². The molecule has 1 rings (SSSR count). The highest BCUT2D eigenvalue weighted by molar-refractivity contribution is 5.59. The summed E-state index contributed by atoms with van der Waals surface area (Å²) in [7, 11) is 0. The molecule has 0 saturated heterocycles. The van der Waals surface area contributed by atoms with Gasteiger partial charge in [0, 0.05) is 18.7 Å². The first-order chi connectivity index (χ1) is 9.41. The molecule has 6 heteroatoms. The van der Waals surface area contributed by atoms with Crippen molar-refractivity contribution < 1.29 is 10.2 Å². The Bertz CT molecular complexity index is 422. The second-order valence-corrected chi connectivity index (χ2v) is 5.57. The van der Waals surface area contributed by atoms with Crippen LogP contribution in [0, 0.1) is 0 Å². The first-order valence-corrected chi connectivity index (χ1v) is 7.07. The second-order valence-electron chi connectivity index (χ2n) is 5.57. The maximum atomic E-state index is 9.85. The van der Waals surface area contributed by atoms with Crippen molar-refractivity contribution in [3.05, 3.63) is 11.9 Å². The predicted octanol–water partition coefficient (Wildman–Crippen LogP) is 1.58. The fraction of sp³-hybridized carbons (Fsp3) is 0.714. The van der Waals surface area contributed by atoms with Crippen LogP contribution in [0.25, 0.3) is 0 Å². The number of nitrogens with one attached hydrogen (secondary N) is 2. The first-order valence-electron chi connectivity index (χ1n) is 7.07. The third kappa shape index (κ3) is 4.61. The predicted molar refractivity (Wildman–Crippen MR) is 81.1 cm³/mol. The van der Waals surface area contributed by atoms with Gasteiger partial charge in [-0.3, -0.25) is 0 Å². The maximum absolute atomic E-state index is 9.85. The van der Waals surface area contributed by atoms with Crippen molar-refractivity contribution in [2.75, 3.05) is 30.3 Å². The zero-order valence-electron chi connectivity index (χ0n) is 12.8. The van der Waals surface area contributed by atoms with Crippen molar-refractivity contribution in [1.82, 2.24) is 9.97 Å². The zero-order chi connectivity index (χ0) is 15.2. The Balaban J connectivity index is 2.94. The van der Waals surface area contributed by atoms with Crippen LogP contribution in [0.4, 0.5) is 11.6 Å².